The summed E-state index contributed by atoms with van der Waals surface area (Å²) in [6, 6.07) is 0. The van der Waals surface area contributed by atoms with E-state index < -0.39 is 21.1 Å². The Morgan fingerprint density at radius 2 is 1.07 bits per heavy atom. The molecule has 0 amide bonds. The van der Waals surface area contributed by atoms with Gasteiger partial charge >= 0.3 is 99.3 Å². The molecule has 0 rings (SSSR count). The van der Waals surface area contributed by atoms with Crippen LogP contribution in [0.15, 0.2) is 0 Å². The zero-order valence-corrected chi connectivity index (χ0v) is 13.2. The monoisotopic (exact) mass is 319 g/mol. The summed E-state index contributed by atoms with van der Waals surface area (Å²) < 4.78 is 11.4. The predicted molar refractivity (Wildman–Crippen MR) is 67.7 cm³/mol. The topological polar surface area (TPSA) is 17.1 Å². The molecule has 0 heterocycles. The van der Waals surface area contributed by atoms with Crippen molar-refractivity contribution in [2.24, 2.45) is 0 Å². The summed E-state index contributed by atoms with van der Waals surface area (Å²) in [6.07, 6.45) is 15.3. The molecule has 2 heteroatoms. The van der Waals surface area contributed by atoms with E-state index >= 15 is 0 Å². The molecule has 0 aliphatic rings. The summed E-state index contributed by atoms with van der Waals surface area (Å²) in [5, 5.41) is 0. The van der Waals surface area contributed by atoms with E-state index in [0.717, 1.165) is 4.44 Å². The van der Waals surface area contributed by atoms with Crippen LogP contribution in [-0.2, 0) is 3.08 Å². The number of unbranched alkanes of at least 4 members (excludes halogenated alkanes) is 10. The van der Waals surface area contributed by atoms with Gasteiger partial charge in [-0.1, -0.05) is 6.92 Å². The molecule has 0 aromatic rings. The first-order valence-corrected chi connectivity index (χ1v) is 9.95. The predicted octanol–water partition coefficient (Wildman–Crippen LogP) is 4.77. The second-order valence-corrected chi connectivity index (χ2v) is 6.68. The van der Waals surface area contributed by atoms with Crippen LogP contribution in [0, 0.1) is 0 Å². The van der Waals surface area contributed by atoms with Crippen LogP contribution in [0.4, 0.5) is 0 Å². The molecule has 0 saturated heterocycles. The molecule has 15 heavy (non-hydrogen) atoms. The van der Waals surface area contributed by atoms with Crippen molar-refractivity contribution in [3.8, 4) is 0 Å². The van der Waals surface area contributed by atoms with Crippen LogP contribution in [0.25, 0.3) is 0 Å². The van der Waals surface area contributed by atoms with Gasteiger partial charge in [-0.15, -0.1) is 0 Å². The third-order valence-electron chi connectivity index (χ3n) is 2.88. The Morgan fingerprint density at radius 3 is 1.47 bits per heavy atom. The molecule has 89 valence electrons. The molecule has 1 nitrogen and oxygen atoms in total. The van der Waals surface area contributed by atoms with Gasteiger partial charge in [0, 0.05) is 0 Å². The standard InChI is InChI=1S/C13H27.O.Sn/c1-3-5-7-9-11-13-12-10-8-6-4-2;;/h1,3-13H2,2H3;;. The van der Waals surface area contributed by atoms with Crippen molar-refractivity contribution in [2.75, 3.05) is 0 Å². The minimum atomic E-state index is -1.12. The van der Waals surface area contributed by atoms with Gasteiger partial charge in [0.1, 0.15) is 0 Å². The summed E-state index contributed by atoms with van der Waals surface area (Å²) in [5.41, 5.74) is 0. The first-order valence-electron chi connectivity index (χ1n) is 6.76. The van der Waals surface area contributed by atoms with E-state index in [1.165, 1.54) is 70.6 Å². The molecule has 0 bridgehead atoms. The van der Waals surface area contributed by atoms with Crippen molar-refractivity contribution in [1.29, 1.82) is 0 Å². The second-order valence-electron chi connectivity index (χ2n) is 4.43. The molecule has 0 aliphatic heterocycles. The molecule has 0 unspecified atom stereocenters. The first kappa shape index (κ1) is 15.6. The quantitative estimate of drug-likeness (QED) is 0.374. The Bertz CT molecular complexity index is 126. The van der Waals surface area contributed by atoms with Gasteiger partial charge in [0.25, 0.3) is 0 Å². The van der Waals surface area contributed by atoms with Crippen molar-refractivity contribution in [1.82, 2.24) is 0 Å². The van der Waals surface area contributed by atoms with Crippen LogP contribution >= 0.6 is 0 Å². The number of hydrogen-bond acceptors (Lipinski definition) is 1. The van der Waals surface area contributed by atoms with E-state index in [1.54, 1.807) is 0 Å². The molecule has 0 saturated carbocycles. The van der Waals surface area contributed by atoms with E-state index in [1.807, 2.05) is 0 Å². The van der Waals surface area contributed by atoms with E-state index in [4.69, 9.17) is 0 Å². The Morgan fingerprint density at radius 1 is 0.667 bits per heavy atom. The Balaban J connectivity index is 2.83. The zero-order valence-electron chi connectivity index (χ0n) is 10.4. The summed E-state index contributed by atoms with van der Waals surface area (Å²) in [4.78, 5) is 0. The molecular weight excluding hydrogens is 291 g/mol. The van der Waals surface area contributed by atoms with Crippen LogP contribution in [0.1, 0.15) is 77.6 Å². The normalized spacial score (nSPS) is 10.5. The first-order chi connectivity index (χ1) is 7.41. The van der Waals surface area contributed by atoms with Crippen molar-refractivity contribution in [2.45, 2.75) is 82.0 Å². The van der Waals surface area contributed by atoms with Gasteiger partial charge in [-0.05, 0) is 0 Å². The van der Waals surface area contributed by atoms with E-state index in [9.17, 15) is 3.08 Å². The molecule has 0 N–H and O–H groups in total. The second kappa shape index (κ2) is 14.6. The van der Waals surface area contributed by atoms with E-state index in [0.29, 0.717) is 0 Å². The van der Waals surface area contributed by atoms with Crippen molar-refractivity contribution in [3.05, 3.63) is 0 Å². The number of rotatable bonds is 12. The van der Waals surface area contributed by atoms with Crippen molar-refractivity contribution < 1.29 is 3.08 Å². The maximum atomic E-state index is 10.4. The fourth-order valence-electron chi connectivity index (χ4n) is 1.86. The Labute approximate surface area is 106 Å². The molecule has 0 spiro atoms. The third kappa shape index (κ3) is 14.6. The van der Waals surface area contributed by atoms with Gasteiger partial charge in [0.05, 0.1) is 0 Å². The van der Waals surface area contributed by atoms with Crippen LogP contribution in [0.3, 0.4) is 0 Å². The SMILES string of the molecule is CCCCCCCCCCCC[CH2][Sn]=[O]. The Hall–Kier alpha value is 0.599. The van der Waals surface area contributed by atoms with Crippen LogP contribution in [-0.4, -0.2) is 21.1 Å². The van der Waals surface area contributed by atoms with E-state index in [-0.39, 0.29) is 0 Å². The molecule has 0 aliphatic carbocycles. The molecular formula is C13H27OSn. The fourth-order valence-corrected chi connectivity index (χ4v) is 2.99. The fraction of sp³-hybridized carbons (Fsp3) is 1.00. The minimum absolute atomic E-state index is 1.06. The molecule has 0 atom stereocenters. The Kier molecular flexibility index (Phi) is 15.2. The molecule has 0 aromatic heterocycles. The summed E-state index contributed by atoms with van der Waals surface area (Å²) in [6.45, 7) is 2.27. The summed E-state index contributed by atoms with van der Waals surface area (Å²) in [7, 11) is 0. The van der Waals surface area contributed by atoms with E-state index in [2.05, 4.69) is 6.92 Å². The average molecular weight is 318 g/mol. The molecule has 0 fully saturated rings. The van der Waals surface area contributed by atoms with Crippen LogP contribution in [0.2, 0.25) is 4.44 Å². The van der Waals surface area contributed by atoms with Crippen molar-refractivity contribution in [3.63, 3.8) is 0 Å². The van der Waals surface area contributed by atoms with Gasteiger partial charge in [0.2, 0.25) is 0 Å². The molecule has 0 aromatic carbocycles. The average Bonchev–Trinajstić information content (AvgIpc) is 2.26. The van der Waals surface area contributed by atoms with Crippen LogP contribution < -0.4 is 0 Å². The van der Waals surface area contributed by atoms with Crippen molar-refractivity contribution >= 4 is 21.1 Å². The third-order valence-corrected chi connectivity index (χ3v) is 4.47. The van der Waals surface area contributed by atoms with Gasteiger partial charge in [0.15, 0.2) is 0 Å². The maximum absolute atomic E-state index is 10.4. The van der Waals surface area contributed by atoms with Gasteiger partial charge in [-0.2, -0.15) is 0 Å². The van der Waals surface area contributed by atoms with Gasteiger partial charge in [-0.3, -0.25) is 0 Å². The summed E-state index contributed by atoms with van der Waals surface area (Å²) in [5.74, 6) is 0. The van der Waals surface area contributed by atoms with Gasteiger partial charge in [-0.25, -0.2) is 0 Å². The molecule has 1 radical (unpaired) electrons. The number of hydrogen-bond donors (Lipinski definition) is 0. The summed E-state index contributed by atoms with van der Waals surface area (Å²) >= 11 is -1.12. The van der Waals surface area contributed by atoms with Gasteiger partial charge < -0.3 is 0 Å². The zero-order chi connectivity index (χ0) is 11.2. The van der Waals surface area contributed by atoms with Crippen LogP contribution in [0.5, 0.6) is 0 Å².